The molecule has 0 radical (unpaired) electrons. The van der Waals surface area contributed by atoms with Crippen molar-refractivity contribution >= 4 is 22.7 Å². The Kier molecular flexibility index (Phi) is 4.41. The fraction of sp³-hybridized carbons (Fsp3) is 0. The molecule has 0 amide bonds. The molecule has 0 aliphatic rings. The van der Waals surface area contributed by atoms with Gasteiger partial charge in [-0.1, -0.05) is 18.2 Å². The molecule has 3 aromatic rings. The Morgan fingerprint density at radius 2 is 1.87 bits per heavy atom. The van der Waals surface area contributed by atoms with Crippen LogP contribution < -0.4 is 5.43 Å². The maximum Gasteiger partial charge on any atom is 0.196 e. The number of nitriles is 1. The van der Waals surface area contributed by atoms with Crippen molar-refractivity contribution in [3.05, 3.63) is 70.8 Å². The molecule has 0 spiro atoms. The van der Waals surface area contributed by atoms with Crippen LogP contribution in [0.4, 0.5) is 10.1 Å². The normalized spacial score (nSPS) is 11.0. The highest BCUT2D eigenvalue weighted by molar-refractivity contribution is 7.12. The second-order valence-corrected chi connectivity index (χ2v) is 5.45. The monoisotopic (exact) mass is 322 g/mol. The smallest absolute Gasteiger partial charge is 0.196 e. The molecule has 1 aromatic heterocycles. The number of nitrogens with one attached hydrogen (secondary N) is 1. The first-order chi connectivity index (χ1) is 11.3. The van der Waals surface area contributed by atoms with Crippen molar-refractivity contribution in [1.82, 2.24) is 4.98 Å². The summed E-state index contributed by atoms with van der Waals surface area (Å²) >= 11 is 1.32. The lowest BCUT2D eigenvalue weighted by atomic mass is 10.2. The summed E-state index contributed by atoms with van der Waals surface area (Å²) in [6.45, 7) is 0. The number of nitrogens with zero attached hydrogens (tertiary/aromatic N) is 3. The number of hydrazone groups is 1. The average Bonchev–Trinajstić information content (AvgIpc) is 3.07. The van der Waals surface area contributed by atoms with Gasteiger partial charge in [0.15, 0.2) is 10.7 Å². The molecule has 0 bridgehead atoms. The number of aromatic nitrogens is 1. The van der Waals surface area contributed by atoms with E-state index in [2.05, 4.69) is 15.5 Å². The van der Waals surface area contributed by atoms with E-state index in [-0.39, 0.29) is 11.5 Å². The zero-order valence-electron chi connectivity index (χ0n) is 11.9. The highest BCUT2D eigenvalue weighted by Gasteiger charge is 2.10. The van der Waals surface area contributed by atoms with E-state index in [1.165, 1.54) is 23.5 Å². The molecular formula is C17H11FN4S. The fourth-order valence-corrected chi connectivity index (χ4v) is 2.66. The first kappa shape index (κ1) is 14.9. The summed E-state index contributed by atoms with van der Waals surface area (Å²) in [5.74, 6) is -0.296. The highest BCUT2D eigenvalue weighted by Crippen LogP contribution is 2.22. The van der Waals surface area contributed by atoms with Gasteiger partial charge in [0, 0.05) is 10.9 Å². The van der Waals surface area contributed by atoms with E-state index < -0.39 is 0 Å². The van der Waals surface area contributed by atoms with Crippen LogP contribution in [0.15, 0.2) is 65.1 Å². The third kappa shape index (κ3) is 3.59. The van der Waals surface area contributed by atoms with Gasteiger partial charge in [-0.25, -0.2) is 9.37 Å². The number of halogens is 1. The van der Waals surface area contributed by atoms with Crippen LogP contribution in [0.2, 0.25) is 0 Å². The van der Waals surface area contributed by atoms with Gasteiger partial charge in [0.2, 0.25) is 0 Å². The van der Waals surface area contributed by atoms with Gasteiger partial charge in [-0.15, -0.1) is 11.3 Å². The quantitative estimate of drug-likeness (QED) is 0.576. The van der Waals surface area contributed by atoms with Gasteiger partial charge in [0.05, 0.1) is 11.4 Å². The Morgan fingerprint density at radius 1 is 1.13 bits per heavy atom. The predicted molar refractivity (Wildman–Crippen MR) is 89.7 cm³/mol. The van der Waals surface area contributed by atoms with E-state index in [1.54, 1.807) is 12.1 Å². The highest BCUT2D eigenvalue weighted by atomic mass is 32.1. The molecule has 2 aromatic carbocycles. The van der Waals surface area contributed by atoms with E-state index in [4.69, 9.17) is 0 Å². The fourth-order valence-electron chi connectivity index (χ4n) is 1.89. The van der Waals surface area contributed by atoms with E-state index in [1.807, 2.05) is 41.8 Å². The van der Waals surface area contributed by atoms with Crippen LogP contribution in [-0.4, -0.2) is 10.7 Å². The van der Waals surface area contributed by atoms with Gasteiger partial charge in [0.25, 0.3) is 0 Å². The molecule has 0 aliphatic heterocycles. The maximum absolute atomic E-state index is 13.0. The molecule has 4 nitrogen and oxygen atoms in total. The summed E-state index contributed by atoms with van der Waals surface area (Å²) < 4.78 is 13.0. The lowest BCUT2D eigenvalue weighted by molar-refractivity contribution is 0.628. The third-order valence-electron chi connectivity index (χ3n) is 3.02. The van der Waals surface area contributed by atoms with Crippen molar-refractivity contribution in [2.24, 2.45) is 5.10 Å². The van der Waals surface area contributed by atoms with Gasteiger partial charge >= 0.3 is 0 Å². The molecule has 0 unspecified atom stereocenters. The van der Waals surface area contributed by atoms with Crippen molar-refractivity contribution < 1.29 is 4.39 Å². The molecule has 0 fully saturated rings. The summed E-state index contributed by atoms with van der Waals surface area (Å²) in [4.78, 5) is 4.40. The molecule has 0 aliphatic carbocycles. The number of anilines is 1. The van der Waals surface area contributed by atoms with Crippen LogP contribution in [0.25, 0.3) is 11.3 Å². The number of para-hydroxylation sites is 1. The number of benzene rings is 2. The Labute approximate surface area is 136 Å². The summed E-state index contributed by atoms with van der Waals surface area (Å²) in [6.07, 6.45) is 0. The zero-order chi connectivity index (χ0) is 16.1. The summed E-state index contributed by atoms with van der Waals surface area (Å²) in [5, 5.41) is 15.7. The third-order valence-corrected chi connectivity index (χ3v) is 3.87. The minimum Gasteiger partial charge on any atom is -0.277 e. The summed E-state index contributed by atoms with van der Waals surface area (Å²) in [7, 11) is 0. The van der Waals surface area contributed by atoms with Crippen molar-refractivity contribution in [2.45, 2.75) is 0 Å². The Hall–Kier alpha value is -3.04. The molecule has 1 N–H and O–H groups in total. The molecule has 0 saturated heterocycles. The van der Waals surface area contributed by atoms with Crippen LogP contribution in [0.3, 0.4) is 0 Å². The second kappa shape index (κ2) is 6.81. The standard InChI is InChI=1S/C17H11FN4S/c18-13-8-6-12(7-9-13)16-11-23-17(20-16)15(10-19)22-21-14-4-2-1-3-5-14/h1-9,11,21H/b22-15+. The molecule has 23 heavy (non-hydrogen) atoms. The van der Waals surface area contributed by atoms with Crippen molar-refractivity contribution in [2.75, 3.05) is 5.43 Å². The first-order valence-corrected chi connectivity index (χ1v) is 7.65. The van der Waals surface area contributed by atoms with Gasteiger partial charge < -0.3 is 0 Å². The summed E-state index contributed by atoms with van der Waals surface area (Å²) in [5.41, 5.74) is 5.30. The van der Waals surface area contributed by atoms with Crippen LogP contribution in [0, 0.1) is 17.1 Å². The minimum absolute atomic E-state index is 0.201. The van der Waals surface area contributed by atoms with E-state index in [9.17, 15) is 9.65 Å². The van der Waals surface area contributed by atoms with Crippen LogP contribution in [-0.2, 0) is 0 Å². The Balaban J connectivity index is 1.83. The van der Waals surface area contributed by atoms with Crippen LogP contribution in [0.5, 0.6) is 0 Å². The molecular weight excluding hydrogens is 311 g/mol. The molecule has 3 rings (SSSR count). The SMILES string of the molecule is N#C/C(=N\Nc1ccccc1)c1nc(-c2ccc(F)cc2)cs1. The van der Waals surface area contributed by atoms with Crippen molar-refractivity contribution in [3.63, 3.8) is 0 Å². The Morgan fingerprint density at radius 3 is 2.57 bits per heavy atom. The maximum atomic E-state index is 13.0. The summed E-state index contributed by atoms with van der Waals surface area (Å²) in [6, 6.07) is 17.5. The molecule has 112 valence electrons. The molecule has 0 atom stereocenters. The van der Waals surface area contributed by atoms with Gasteiger partial charge in [-0.05, 0) is 36.4 Å². The van der Waals surface area contributed by atoms with Gasteiger partial charge in [-0.3, -0.25) is 5.43 Å². The van der Waals surface area contributed by atoms with Crippen LogP contribution in [0.1, 0.15) is 5.01 Å². The van der Waals surface area contributed by atoms with Crippen molar-refractivity contribution in [3.8, 4) is 17.3 Å². The number of hydrogen-bond donors (Lipinski definition) is 1. The van der Waals surface area contributed by atoms with E-state index >= 15 is 0 Å². The van der Waals surface area contributed by atoms with E-state index in [0.29, 0.717) is 10.7 Å². The Bertz CT molecular complexity index is 864. The van der Waals surface area contributed by atoms with Gasteiger partial charge in [-0.2, -0.15) is 10.4 Å². The van der Waals surface area contributed by atoms with Crippen molar-refractivity contribution in [1.29, 1.82) is 5.26 Å². The lowest BCUT2D eigenvalue weighted by Crippen LogP contribution is -2.01. The minimum atomic E-state index is -0.296. The molecule has 1 heterocycles. The molecule has 0 saturated carbocycles. The number of thiazole rings is 1. The first-order valence-electron chi connectivity index (χ1n) is 6.77. The number of rotatable bonds is 4. The topological polar surface area (TPSA) is 61.1 Å². The second-order valence-electron chi connectivity index (χ2n) is 4.59. The van der Waals surface area contributed by atoms with Crippen LogP contribution >= 0.6 is 11.3 Å². The lowest BCUT2D eigenvalue weighted by Gasteiger charge is -1.99. The predicted octanol–water partition coefficient (Wildman–Crippen LogP) is 4.29. The largest absolute Gasteiger partial charge is 0.277 e. The number of hydrogen-bond acceptors (Lipinski definition) is 5. The zero-order valence-corrected chi connectivity index (χ0v) is 12.7. The van der Waals surface area contributed by atoms with E-state index in [0.717, 1.165) is 11.3 Å². The molecule has 6 heteroatoms. The average molecular weight is 322 g/mol. The van der Waals surface area contributed by atoms with Gasteiger partial charge in [0.1, 0.15) is 11.9 Å².